The Bertz CT molecular complexity index is 4640. The Hall–Kier alpha value is -9.92. The normalized spacial score (nSPS) is 10.9. The van der Waals surface area contributed by atoms with Crippen molar-refractivity contribution in [3.8, 4) is 89.5 Å². The third-order valence-corrected chi connectivity index (χ3v) is 17.4. The van der Waals surface area contributed by atoms with Crippen molar-refractivity contribution in [3.05, 3.63) is 311 Å². The topological polar surface area (TPSA) is 15.5 Å². The molecule has 0 atom stereocenters. The lowest BCUT2D eigenvalue weighted by Crippen LogP contribution is -2.30. The Balaban J connectivity index is 0.000000148. The maximum atomic E-state index is 14.0. The first-order valence-corrected chi connectivity index (χ1v) is 32.5. The molecule has 0 radical (unpaired) electrons. The van der Waals surface area contributed by atoms with E-state index in [4.69, 9.17) is 0 Å². The molecule has 0 saturated carbocycles. The van der Waals surface area contributed by atoms with Gasteiger partial charge in [0.1, 0.15) is 51.5 Å². The van der Waals surface area contributed by atoms with Crippen LogP contribution in [0.2, 0.25) is 0 Å². The van der Waals surface area contributed by atoms with Gasteiger partial charge in [-0.2, -0.15) is 0 Å². The molecule has 8 aromatic carbocycles. The first-order chi connectivity index (χ1) is 45.1. The van der Waals surface area contributed by atoms with E-state index >= 15 is 0 Å². The van der Waals surface area contributed by atoms with Crippen LogP contribution >= 0.6 is 0 Å². The van der Waals surface area contributed by atoms with Gasteiger partial charge >= 0.3 is 0 Å². The van der Waals surface area contributed by atoms with Gasteiger partial charge in [-0.3, -0.25) is 0 Å². The summed E-state index contributed by atoms with van der Waals surface area (Å²) < 4.78 is 63.6. The van der Waals surface area contributed by atoms with Crippen LogP contribution in [0, 0.1) is 63.8 Å². The summed E-state index contributed by atoms with van der Waals surface area (Å²) in [5, 5.41) is 0. The van der Waals surface area contributed by atoms with E-state index in [2.05, 4.69) is 251 Å². The second-order valence-corrected chi connectivity index (χ2v) is 25.3. The van der Waals surface area contributed by atoms with Gasteiger partial charge in [-0.05, 0) is 223 Å². The van der Waals surface area contributed by atoms with E-state index in [1.165, 1.54) is 73.3 Å². The highest BCUT2D eigenvalue weighted by Crippen LogP contribution is 2.31. The number of rotatable bonds is 12. The van der Waals surface area contributed by atoms with Crippen LogP contribution in [0.4, 0.5) is 17.6 Å². The highest BCUT2D eigenvalue weighted by atomic mass is 19.1. The van der Waals surface area contributed by atoms with E-state index in [-0.39, 0.29) is 29.2 Å². The number of nitrogens with zero attached hydrogens (tertiary/aromatic N) is 4. The summed E-state index contributed by atoms with van der Waals surface area (Å²) in [6, 6.07) is 71.8. The number of pyridine rings is 4. The van der Waals surface area contributed by atoms with Crippen molar-refractivity contribution in [2.45, 2.75) is 88.0 Å². The second-order valence-electron chi connectivity index (χ2n) is 25.3. The zero-order valence-corrected chi connectivity index (χ0v) is 57.0. The molecule has 8 heteroatoms. The van der Waals surface area contributed by atoms with Crippen molar-refractivity contribution >= 4 is 0 Å². The molecule has 4 aromatic heterocycles. The minimum Gasteiger partial charge on any atom is -0.207 e. The first-order valence-electron chi connectivity index (χ1n) is 32.5. The van der Waals surface area contributed by atoms with E-state index in [9.17, 15) is 17.6 Å². The highest BCUT2D eigenvalue weighted by Gasteiger charge is 2.20. The largest absolute Gasteiger partial charge is 0.212 e. The third-order valence-electron chi connectivity index (χ3n) is 17.4. The van der Waals surface area contributed by atoms with Crippen LogP contribution in [-0.4, -0.2) is 0 Å². The van der Waals surface area contributed by atoms with Crippen LogP contribution in [-0.2, 0) is 41.0 Å². The number of halogens is 4. The summed E-state index contributed by atoms with van der Waals surface area (Å²) in [6.07, 6.45) is 9.89. The van der Waals surface area contributed by atoms with E-state index in [1.54, 1.807) is 25.1 Å². The molecular weight excluding hydrogens is 1160 g/mol. The lowest BCUT2D eigenvalue weighted by atomic mass is 9.97. The predicted molar refractivity (Wildman–Crippen MR) is 379 cm³/mol. The van der Waals surface area contributed by atoms with Gasteiger partial charge in [0.05, 0.1) is 0 Å². The predicted octanol–water partition coefficient (Wildman–Crippen LogP) is 20.4. The number of hydrogen-bond acceptors (Lipinski definition) is 0. The summed E-state index contributed by atoms with van der Waals surface area (Å²) in [5.41, 5.74) is 26.2. The fourth-order valence-corrected chi connectivity index (χ4v) is 12.0. The SMILES string of the molecule is CCc1cc(-c2ccc(-c3ccccc3C)[n+](C)c2)ccc1F.Cc1cc(-c2ccc(-c3ccccc3C)[n+](C)c2)ccc1F.Cc1ccccc1-c1ccc(-c2ccc(F)c(C(C)C)c2)c[n+]1C.Cc1ccccc1-c1ccc(-c2ccc(F)c(CC(C)C)c2)c[n+]1C. The van der Waals surface area contributed by atoms with Crippen molar-refractivity contribution in [1.29, 1.82) is 0 Å². The molecular formula is C86H88F4N4+4. The van der Waals surface area contributed by atoms with E-state index in [0.29, 0.717) is 17.9 Å². The van der Waals surface area contributed by atoms with Gasteiger partial charge < -0.3 is 0 Å². The quantitative estimate of drug-likeness (QED) is 0.0856. The Kier molecular flexibility index (Phi) is 22.7. The molecule has 0 fully saturated rings. The molecule has 4 heterocycles. The van der Waals surface area contributed by atoms with Crippen molar-refractivity contribution in [1.82, 2.24) is 0 Å². The van der Waals surface area contributed by atoms with Crippen LogP contribution in [0.1, 0.15) is 85.0 Å². The Morgan fingerprint density at radius 2 is 0.585 bits per heavy atom. The highest BCUT2D eigenvalue weighted by molar-refractivity contribution is 5.71. The molecule has 0 amide bonds. The molecule has 0 unspecified atom stereocenters. The Morgan fingerprint density at radius 3 is 0.894 bits per heavy atom. The van der Waals surface area contributed by atoms with Crippen LogP contribution < -0.4 is 18.3 Å². The molecule has 0 N–H and O–H groups in total. The number of aryl methyl sites for hydroxylation is 10. The number of benzene rings is 8. The maximum absolute atomic E-state index is 14.0. The monoisotopic (exact) mass is 1250 g/mol. The lowest BCUT2D eigenvalue weighted by molar-refractivity contribution is -0.660. The third kappa shape index (κ3) is 16.6. The lowest BCUT2D eigenvalue weighted by Gasteiger charge is -2.10. The Morgan fingerprint density at radius 1 is 0.298 bits per heavy atom. The fraction of sp³-hybridized carbons (Fsp3) is 0.209. The summed E-state index contributed by atoms with van der Waals surface area (Å²) in [6.45, 7) is 20.5. The van der Waals surface area contributed by atoms with E-state index in [1.807, 2.05) is 76.3 Å². The molecule has 12 aromatic rings. The van der Waals surface area contributed by atoms with Crippen LogP contribution in [0.25, 0.3) is 89.5 Å². The smallest absolute Gasteiger partial charge is 0.207 e. The summed E-state index contributed by atoms with van der Waals surface area (Å²) in [7, 11) is 8.21. The van der Waals surface area contributed by atoms with Gasteiger partial charge in [0.15, 0.2) is 24.8 Å². The fourth-order valence-electron chi connectivity index (χ4n) is 12.0. The van der Waals surface area contributed by atoms with Gasteiger partial charge in [-0.25, -0.2) is 35.8 Å². The van der Waals surface area contributed by atoms with Crippen molar-refractivity contribution in [2.24, 2.45) is 34.1 Å². The van der Waals surface area contributed by atoms with Gasteiger partial charge in [0.2, 0.25) is 22.8 Å². The van der Waals surface area contributed by atoms with E-state index < -0.39 is 0 Å². The zero-order chi connectivity index (χ0) is 67.3. The van der Waals surface area contributed by atoms with Crippen molar-refractivity contribution < 1.29 is 35.8 Å². The molecule has 0 aliphatic heterocycles. The minimum absolute atomic E-state index is 0.113. The van der Waals surface area contributed by atoms with Gasteiger partial charge in [0, 0.05) is 68.8 Å². The summed E-state index contributed by atoms with van der Waals surface area (Å²) in [4.78, 5) is 0. The summed E-state index contributed by atoms with van der Waals surface area (Å²) in [5.74, 6) is 0.0732. The number of aromatic nitrogens is 4. The van der Waals surface area contributed by atoms with Gasteiger partial charge in [0.25, 0.3) is 0 Å². The van der Waals surface area contributed by atoms with Crippen molar-refractivity contribution in [3.63, 3.8) is 0 Å². The molecule has 0 spiro atoms. The molecule has 0 aliphatic rings. The molecule has 0 aliphatic carbocycles. The summed E-state index contributed by atoms with van der Waals surface area (Å²) >= 11 is 0. The zero-order valence-electron chi connectivity index (χ0n) is 57.0. The minimum atomic E-state index is -0.162. The average molecular weight is 1250 g/mol. The van der Waals surface area contributed by atoms with Crippen LogP contribution in [0.15, 0.2) is 243 Å². The standard InChI is InChI=1S/C23H25FN.C22H23FN.C21H21FN.C20H19FN/c1-16(2)13-20-14-18(9-11-22(20)24)19-10-12-23(25(4)15-19)21-8-6-5-7-17(21)3;1-15(2)20-13-17(9-11-21(20)23)18-10-12-22(24(4)14-18)19-8-6-5-7-16(19)3;1-4-16-13-17(9-11-20(16)22)18-10-12-21(23(3)14-18)19-8-6-5-7-15(19)2;1-14-6-4-5-7-18(14)20-11-9-17(13-22(20)3)16-8-10-19(21)15(2)12-16/h5-12,14-16H,13H2,1-4H3;5-15H,1-4H3;5-14H,4H2,1-3H3;4-13H,1-3H3/q4*+1. The molecule has 4 nitrogen and oxygen atoms in total. The molecule has 94 heavy (non-hydrogen) atoms. The molecule has 0 bridgehead atoms. The van der Waals surface area contributed by atoms with E-state index in [0.717, 1.165) is 67.6 Å². The average Bonchev–Trinajstić information content (AvgIpc) is 0.888. The van der Waals surface area contributed by atoms with Crippen LogP contribution in [0.3, 0.4) is 0 Å². The molecule has 0 saturated heterocycles. The van der Waals surface area contributed by atoms with Gasteiger partial charge in [-0.15, -0.1) is 0 Å². The van der Waals surface area contributed by atoms with Crippen molar-refractivity contribution in [2.75, 3.05) is 0 Å². The number of hydrogen-bond donors (Lipinski definition) is 0. The van der Waals surface area contributed by atoms with Crippen LogP contribution in [0.5, 0.6) is 0 Å². The molecule has 12 rings (SSSR count). The second kappa shape index (κ2) is 31.1. The maximum Gasteiger partial charge on any atom is 0.212 e. The van der Waals surface area contributed by atoms with Gasteiger partial charge in [-0.1, -0.05) is 132 Å². The molecule has 476 valence electrons. The Labute approximate surface area is 555 Å². The first kappa shape index (κ1) is 68.4.